The predicted octanol–water partition coefficient (Wildman–Crippen LogP) is 1.56. The first-order valence-corrected chi connectivity index (χ1v) is 6.54. The van der Waals surface area contributed by atoms with Gasteiger partial charge in [0.05, 0.1) is 6.61 Å². The highest BCUT2D eigenvalue weighted by molar-refractivity contribution is 5.76. The fourth-order valence-electron chi connectivity index (χ4n) is 1.54. The first-order valence-electron chi connectivity index (χ1n) is 6.54. The van der Waals surface area contributed by atoms with E-state index in [9.17, 15) is 4.79 Å². The number of hydrogen-bond acceptors (Lipinski definition) is 3. The molecule has 0 aliphatic rings. The number of hydrogen-bond donors (Lipinski definition) is 3. The third-order valence-corrected chi connectivity index (χ3v) is 3.21. The Labute approximate surface area is 115 Å². The molecule has 0 bridgehead atoms. The highest BCUT2D eigenvalue weighted by Crippen LogP contribution is 2.19. The zero-order valence-corrected chi connectivity index (χ0v) is 11.9. The third kappa shape index (κ3) is 5.41. The van der Waals surface area contributed by atoms with Crippen molar-refractivity contribution in [3.63, 3.8) is 0 Å². The Kier molecular flexibility index (Phi) is 5.51. The van der Waals surface area contributed by atoms with E-state index in [2.05, 4.69) is 5.32 Å². The van der Waals surface area contributed by atoms with E-state index in [1.165, 1.54) is 0 Å². The second-order valence-electron chi connectivity index (χ2n) is 5.93. The van der Waals surface area contributed by atoms with Crippen LogP contribution in [0.1, 0.15) is 38.3 Å². The van der Waals surface area contributed by atoms with E-state index in [0.29, 0.717) is 13.0 Å². The second kappa shape index (κ2) is 6.68. The Bertz CT molecular complexity index is 407. The number of carbonyl (C=O) groups is 1. The minimum absolute atomic E-state index is 0.0336. The lowest BCUT2D eigenvalue weighted by atomic mass is 9.85. The molecule has 1 atom stereocenters. The van der Waals surface area contributed by atoms with E-state index >= 15 is 0 Å². The van der Waals surface area contributed by atoms with E-state index in [1.54, 1.807) is 0 Å². The fourth-order valence-corrected chi connectivity index (χ4v) is 1.54. The molecule has 0 radical (unpaired) electrons. The number of nitrogens with one attached hydrogen (secondary N) is 1. The minimum Gasteiger partial charge on any atom is -0.392 e. The van der Waals surface area contributed by atoms with Gasteiger partial charge in [-0.1, -0.05) is 45.0 Å². The average molecular weight is 264 g/mol. The van der Waals surface area contributed by atoms with Gasteiger partial charge in [0.2, 0.25) is 5.91 Å². The molecule has 0 aliphatic heterocycles. The van der Waals surface area contributed by atoms with Crippen LogP contribution in [0.5, 0.6) is 0 Å². The standard InChI is InChI=1S/C15H24N2O2/c1-15(2,3)13(16)8-14(19)17-9-11-4-6-12(10-18)7-5-11/h4-7,13,18H,8-10,16H2,1-3H3,(H,17,19). The van der Waals surface area contributed by atoms with Crippen LogP contribution in [0.15, 0.2) is 24.3 Å². The number of aliphatic hydroxyl groups excluding tert-OH is 1. The van der Waals surface area contributed by atoms with E-state index in [-0.39, 0.29) is 24.0 Å². The van der Waals surface area contributed by atoms with Crippen LogP contribution in [0.2, 0.25) is 0 Å². The summed E-state index contributed by atoms with van der Waals surface area (Å²) >= 11 is 0. The van der Waals surface area contributed by atoms with Crippen molar-refractivity contribution in [2.24, 2.45) is 11.1 Å². The van der Waals surface area contributed by atoms with E-state index < -0.39 is 0 Å². The molecular weight excluding hydrogens is 240 g/mol. The maximum atomic E-state index is 11.8. The summed E-state index contributed by atoms with van der Waals surface area (Å²) in [6, 6.07) is 7.35. The predicted molar refractivity (Wildman–Crippen MR) is 76.3 cm³/mol. The van der Waals surface area contributed by atoms with Crippen LogP contribution < -0.4 is 11.1 Å². The van der Waals surface area contributed by atoms with Gasteiger partial charge in [-0.05, 0) is 16.5 Å². The zero-order chi connectivity index (χ0) is 14.5. The lowest BCUT2D eigenvalue weighted by Gasteiger charge is -2.26. The highest BCUT2D eigenvalue weighted by atomic mass is 16.3. The lowest BCUT2D eigenvalue weighted by Crippen LogP contribution is -2.40. The normalized spacial score (nSPS) is 13.1. The summed E-state index contributed by atoms with van der Waals surface area (Å²) in [6.45, 7) is 6.60. The Morgan fingerprint density at radius 3 is 2.26 bits per heavy atom. The molecule has 0 aromatic heterocycles. The van der Waals surface area contributed by atoms with Gasteiger partial charge < -0.3 is 16.2 Å². The minimum atomic E-state index is -0.149. The Morgan fingerprint density at radius 1 is 1.26 bits per heavy atom. The first kappa shape index (κ1) is 15.7. The van der Waals surface area contributed by atoms with Gasteiger partial charge in [-0.25, -0.2) is 0 Å². The number of rotatable bonds is 5. The summed E-state index contributed by atoms with van der Waals surface area (Å²) in [6.07, 6.45) is 0.332. The topological polar surface area (TPSA) is 75.4 Å². The Balaban J connectivity index is 2.41. The molecule has 106 valence electrons. The molecule has 1 unspecified atom stereocenters. The van der Waals surface area contributed by atoms with Gasteiger partial charge in [-0.15, -0.1) is 0 Å². The summed E-state index contributed by atoms with van der Waals surface area (Å²) in [7, 11) is 0. The van der Waals surface area contributed by atoms with Gasteiger partial charge in [0, 0.05) is 19.0 Å². The SMILES string of the molecule is CC(C)(C)C(N)CC(=O)NCc1ccc(CO)cc1. The van der Waals surface area contributed by atoms with Crippen LogP contribution >= 0.6 is 0 Å². The van der Waals surface area contributed by atoms with Gasteiger partial charge in [0.1, 0.15) is 0 Å². The molecule has 0 saturated carbocycles. The largest absolute Gasteiger partial charge is 0.392 e. The van der Waals surface area contributed by atoms with E-state index in [1.807, 2.05) is 45.0 Å². The first-order chi connectivity index (χ1) is 8.82. The molecule has 1 aromatic carbocycles. The van der Waals surface area contributed by atoms with Crippen molar-refractivity contribution >= 4 is 5.91 Å². The molecule has 1 rings (SSSR count). The van der Waals surface area contributed by atoms with Gasteiger partial charge in [-0.2, -0.15) is 0 Å². The molecule has 19 heavy (non-hydrogen) atoms. The molecule has 0 saturated heterocycles. The molecule has 4 heteroatoms. The fraction of sp³-hybridized carbons (Fsp3) is 0.533. The Hall–Kier alpha value is -1.39. The van der Waals surface area contributed by atoms with Crippen LogP contribution in [-0.2, 0) is 17.9 Å². The van der Waals surface area contributed by atoms with Crippen LogP contribution in [-0.4, -0.2) is 17.1 Å². The highest BCUT2D eigenvalue weighted by Gasteiger charge is 2.22. The van der Waals surface area contributed by atoms with Crippen LogP contribution in [0.25, 0.3) is 0 Å². The number of nitrogens with two attached hydrogens (primary N) is 1. The number of aliphatic hydroxyl groups is 1. The lowest BCUT2D eigenvalue weighted by molar-refractivity contribution is -0.122. The van der Waals surface area contributed by atoms with Crippen molar-refractivity contribution in [1.29, 1.82) is 0 Å². The van der Waals surface area contributed by atoms with Gasteiger partial charge in [0.15, 0.2) is 0 Å². The number of carbonyl (C=O) groups excluding carboxylic acids is 1. The number of benzene rings is 1. The van der Waals surface area contributed by atoms with Crippen LogP contribution in [0.4, 0.5) is 0 Å². The zero-order valence-electron chi connectivity index (χ0n) is 11.9. The molecule has 0 fully saturated rings. The molecule has 4 nitrogen and oxygen atoms in total. The molecule has 4 N–H and O–H groups in total. The Morgan fingerprint density at radius 2 is 1.79 bits per heavy atom. The van der Waals surface area contributed by atoms with Crippen LogP contribution in [0.3, 0.4) is 0 Å². The van der Waals surface area contributed by atoms with Crippen molar-refractivity contribution in [1.82, 2.24) is 5.32 Å². The summed E-state index contributed by atoms with van der Waals surface area (Å²) in [5, 5.41) is 11.8. The summed E-state index contributed by atoms with van der Waals surface area (Å²) in [5.41, 5.74) is 7.78. The molecule has 0 aliphatic carbocycles. The van der Waals surface area contributed by atoms with Gasteiger partial charge in [0.25, 0.3) is 0 Å². The van der Waals surface area contributed by atoms with Crippen molar-refractivity contribution < 1.29 is 9.90 Å². The summed E-state index contributed by atoms with van der Waals surface area (Å²) in [5.74, 6) is -0.0336. The smallest absolute Gasteiger partial charge is 0.221 e. The van der Waals surface area contributed by atoms with Crippen molar-refractivity contribution in [3.8, 4) is 0 Å². The van der Waals surface area contributed by atoms with Crippen molar-refractivity contribution in [3.05, 3.63) is 35.4 Å². The molecule has 0 heterocycles. The van der Waals surface area contributed by atoms with Gasteiger partial charge >= 0.3 is 0 Å². The average Bonchev–Trinajstić information content (AvgIpc) is 2.35. The monoisotopic (exact) mass is 264 g/mol. The molecule has 1 aromatic rings. The van der Waals surface area contributed by atoms with Crippen molar-refractivity contribution in [2.45, 2.75) is 46.4 Å². The summed E-state index contributed by atoms with van der Waals surface area (Å²) in [4.78, 5) is 11.8. The van der Waals surface area contributed by atoms with Gasteiger partial charge in [-0.3, -0.25) is 4.79 Å². The maximum absolute atomic E-state index is 11.8. The van der Waals surface area contributed by atoms with Crippen LogP contribution in [0, 0.1) is 5.41 Å². The van der Waals surface area contributed by atoms with E-state index in [0.717, 1.165) is 11.1 Å². The van der Waals surface area contributed by atoms with Crippen molar-refractivity contribution in [2.75, 3.05) is 0 Å². The molecular formula is C15H24N2O2. The summed E-state index contributed by atoms with van der Waals surface area (Å²) < 4.78 is 0. The molecule has 0 spiro atoms. The second-order valence-corrected chi connectivity index (χ2v) is 5.93. The third-order valence-electron chi connectivity index (χ3n) is 3.21. The quantitative estimate of drug-likeness (QED) is 0.755. The number of amides is 1. The maximum Gasteiger partial charge on any atom is 0.221 e. The van der Waals surface area contributed by atoms with E-state index in [4.69, 9.17) is 10.8 Å². The molecule has 1 amide bonds.